The first kappa shape index (κ1) is 15.3. The van der Waals surface area contributed by atoms with Gasteiger partial charge in [0.25, 0.3) is 0 Å². The lowest BCUT2D eigenvalue weighted by Gasteiger charge is -2.38. The Morgan fingerprint density at radius 2 is 2.20 bits per heavy atom. The summed E-state index contributed by atoms with van der Waals surface area (Å²) < 4.78 is 10.9. The average molecular weight is 279 g/mol. The van der Waals surface area contributed by atoms with Crippen molar-refractivity contribution in [1.82, 2.24) is 5.32 Å². The highest BCUT2D eigenvalue weighted by molar-refractivity contribution is 5.38. The van der Waals surface area contributed by atoms with Gasteiger partial charge in [-0.05, 0) is 32.9 Å². The summed E-state index contributed by atoms with van der Waals surface area (Å²) in [5, 5.41) is 13.2. The Morgan fingerprint density at radius 1 is 1.45 bits per heavy atom. The van der Waals surface area contributed by atoms with Crippen molar-refractivity contribution < 1.29 is 14.6 Å². The average Bonchev–Trinajstić information content (AvgIpc) is 2.37. The van der Waals surface area contributed by atoms with Crippen molar-refractivity contribution in [2.75, 3.05) is 20.3 Å². The lowest BCUT2D eigenvalue weighted by Crippen LogP contribution is -2.40. The third kappa shape index (κ3) is 3.95. The summed E-state index contributed by atoms with van der Waals surface area (Å²) in [6, 6.07) is 8.43. The Bertz CT molecular complexity index is 433. The molecular formula is C16H25NO3. The van der Waals surface area contributed by atoms with Crippen LogP contribution in [0.1, 0.15) is 38.3 Å². The van der Waals surface area contributed by atoms with E-state index in [0.29, 0.717) is 13.0 Å². The number of fused-ring (bicyclic) bond motifs is 1. The number of ether oxygens (including phenoxy) is 2. The minimum atomic E-state index is -0.407. The van der Waals surface area contributed by atoms with E-state index in [4.69, 9.17) is 9.47 Å². The summed E-state index contributed by atoms with van der Waals surface area (Å²) in [5.74, 6) is 0.957. The third-order valence-corrected chi connectivity index (χ3v) is 3.60. The molecule has 112 valence electrons. The van der Waals surface area contributed by atoms with E-state index in [-0.39, 0.29) is 11.6 Å². The maximum atomic E-state index is 9.69. The van der Waals surface area contributed by atoms with Gasteiger partial charge in [-0.25, -0.2) is 0 Å². The molecule has 1 aliphatic rings. The van der Waals surface area contributed by atoms with Crippen molar-refractivity contribution in [3.05, 3.63) is 29.8 Å². The molecule has 2 atom stereocenters. The molecule has 0 saturated carbocycles. The quantitative estimate of drug-likeness (QED) is 0.839. The minimum Gasteiger partial charge on any atom is -0.487 e. The molecule has 0 radical (unpaired) electrons. The molecule has 20 heavy (non-hydrogen) atoms. The highest BCUT2D eigenvalue weighted by Crippen LogP contribution is 2.39. The number of para-hydroxylation sites is 1. The van der Waals surface area contributed by atoms with E-state index in [9.17, 15) is 5.11 Å². The molecular weight excluding hydrogens is 254 g/mol. The number of methoxy groups -OCH3 is 1. The normalized spacial score (nSPS) is 21.9. The summed E-state index contributed by atoms with van der Waals surface area (Å²) in [6.45, 7) is 5.37. The summed E-state index contributed by atoms with van der Waals surface area (Å²) in [6.07, 6.45) is 1.20. The molecule has 2 N–H and O–H groups in total. The van der Waals surface area contributed by atoms with Crippen molar-refractivity contribution in [3.8, 4) is 5.75 Å². The Morgan fingerprint density at radius 3 is 2.95 bits per heavy atom. The van der Waals surface area contributed by atoms with Crippen molar-refractivity contribution in [2.24, 2.45) is 0 Å². The molecule has 0 aliphatic carbocycles. The SMILES string of the molecule is COCC(O)CCNC1CC(C)(C)Oc2ccccc21. The standard InChI is InChI=1S/C16H25NO3/c1-16(2)10-14(17-9-8-12(18)11-19-3)13-6-4-5-7-15(13)20-16/h4-7,12,14,17-18H,8-11H2,1-3H3. The number of aliphatic hydroxyl groups is 1. The van der Waals surface area contributed by atoms with Gasteiger partial charge in [0.2, 0.25) is 0 Å². The maximum absolute atomic E-state index is 9.69. The highest BCUT2D eigenvalue weighted by Gasteiger charge is 2.33. The molecule has 0 bridgehead atoms. The van der Waals surface area contributed by atoms with Crippen LogP contribution in [0.3, 0.4) is 0 Å². The Kier molecular flexibility index (Phi) is 5.02. The molecule has 0 spiro atoms. The zero-order chi connectivity index (χ0) is 14.6. The predicted molar refractivity (Wildman–Crippen MR) is 79.0 cm³/mol. The summed E-state index contributed by atoms with van der Waals surface area (Å²) >= 11 is 0. The van der Waals surface area contributed by atoms with Gasteiger partial charge >= 0.3 is 0 Å². The molecule has 2 rings (SSSR count). The molecule has 0 aromatic heterocycles. The van der Waals surface area contributed by atoms with Crippen LogP contribution in [0.25, 0.3) is 0 Å². The van der Waals surface area contributed by atoms with E-state index >= 15 is 0 Å². The van der Waals surface area contributed by atoms with Gasteiger partial charge < -0.3 is 19.9 Å². The van der Waals surface area contributed by atoms with Crippen LogP contribution in [0.2, 0.25) is 0 Å². The summed E-state index contributed by atoms with van der Waals surface area (Å²) in [7, 11) is 1.61. The summed E-state index contributed by atoms with van der Waals surface area (Å²) in [4.78, 5) is 0. The van der Waals surface area contributed by atoms with Crippen molar-refractivity contribution in [2.45, 2.75) is 44.4 Å². The van der Waals surface area contributed by atoms with E-state index in [1.165, 1.54) is 5.56 Å². The first-order valence-corrected chi connectivity index (χ1v) is 7.20. The first-order valence-electron chi connectivity index (χ1n) is 7.20. The second-order valence-electron chi connectivity index (χ2n) is 6.01. The molecule has 1 aromatic rings. The number of aliphatic hydroxyl groups excluding tert-OH is 1. The van der Waals surface area contributed by atoms with E-state index < -0.39 is 6.10 Å². The third-order valence-electron chi connectivity index (χ3n) is 3.60. The van der Waals surface area contributed by atoms with Crippen LogP contribution in [-0.4, -0.2) is 37.1 Å². The Hall–Kier alpha value is -1.10. The lowest BCUT2D eigenvalue weighted by molar-refractivity contribution is 0.0527. The van der Waals surface area contributed by atoms with Gasteiger partial charge in [0.15, 0.2) is 0 Å². The van der Waals surface area contributed by atoms with Gasteiger partial charge in [-0.2, -0.15) is 0 Å². The Labute approximate surface area is 121 Å². The second-order valence-corrected chi connectivity index (χ2v) is 6.01. The summed E-state index contributed by atoms with van der Waals surface area (Å²) in [5.41, 5.74) is 1.03. The molecule has 4 heteroatoms. The van der Waals surface area contributed by atoms with Gasteiger partial charge in [-0.3, -0.25) is 0 Å². The van der Waals surface area contributed by atoms with Crippen molar-refractivity contribution in [3.63, 3.8) is 0 Å². The van der Waals surface area contributed by atoms with Crippen molar-refractivity contribution in [1.29, 1.82) is 0 Å². The van der Waals surface area contributed by atoms with Crippen LogP contribution in [0.5, 0.6) is 5.75 Å². The fourth-order valence-electron chi connectivity index (χ4n) is 2.68. The smallest absolute Gasteiger partial charge is 0.124 e. The predicted octanol–water partition coefficient (Wildman–Crippen LogP) is 2.28. The number of rotatable bonds is 6. The monoisotopic (exact) mass is 279 g/mol. The van der Waals surface area contributed by atoms with Gasteiger partial charge in [-0.15, -0.1) is 0 Å². The van der Waals surface area contributed by atoms with Gasteiger partial charge in [0.1, 0.15) is 11.4 Å². The van der Waals surface area contributed by atoms with Gasteiger partial charge in [0, 0.05) is 25.1 Å². The van der Waals surface area contributed by atoms with Crippen molar-refractivity contribution >= 4 is 0 Å². The number of hydrogen-bond donors (Lipinski definition) is 2. The zero-order valence-corrected chi connectivity index (χ0v) is 12.6. The molecule has 0 amide bonds. The largest absolute Gasteiger partial charge is 0.487 e. The Balaban J connectivity index is 1.97. The van der Waals surface area contributed by atoms with Crippen LogP contribution in [0, 0.1) is 0 Å². The highest BCUT2D eigenvalue weighted by atomic mass is 16.5. The van der Waals surface area contributed by atoms with E-state index in [1.807, 2.05) is 18.2 Å². The fourth-order valence-corrected chi connectivity index (χ4v) is 2.68. The lowest BCUT2D eigenvalue weighted by atomic mass is 9.89. The second kappa shape index (κ2) is 6.57. The zero-order valence-electron chi connectivity index (χ0n) is 12.6. The van der Waals surface area contributed by atoms with Crippen LogP contribution in [0.15, 0.2) is 24.3 Å². The molecule has 4 nitrogen and oxygen atoms in total. The van der Waals surface area contributed by atoms with Crippen LogP contribution >= 0.6 is 0 Å². The van der Waals surface area contributed by atoms with E-state index in [2.05, 4.69) is 25.2 Å². The van der Waals surface area contributed by atoms with Gasteiger partial charge in [0.05, 0.1) is 12.7 Å². The maximum Gasteiger partial charge on any atom is 0.124 e. The molecule has 1 aromatic carbocycles. The van der Waals surface area contributed by atoms with Crippen LogP contribution < -0.4 is 10.1 Å². The number of hydrogen-bond acceptors (Lipinski definition) is 4. The molecule has 0 fully saturated rings. The fraction of sp³-hybridized carbons (Fsp3) is 0.625. The molecule has 1 aliphatic heterocycles. The van der Waals surface area contributed by atoms with E-state index in [0.717, 1.165) is 18.7 Å². The minimum absolute atomic E-state index is 0.169. The number of benzene rings is 1. The topological polar surface area (TPSA) is 50.7 Å². The first-order chi connectivity index (χ1) is 9.52. The molecule has 1 heterocycles. The van der Waals surface area contributed by atoms with Gasteiger partial charge in [-0.1, -0.05) is 18.2 Å². The molecule has 2 unspecified atom stereocenters. The van der Waals surface area contributed by atoms with Crippen LogP contribution in [0.4, 0.5) is 0 Å². The van der Waals surface area contributed by atoms with E-state index in [1.54, 1.807) is 7.11 Å². The number of nitrogens with one attached hydrogen (secondary N) is 1. The van der Waals surface area contributed by atoms with Crippen LogP contribution in [-0.2, 0) is 4.74 Å². The molecule has 0 saturated heterocycles.